The molecule has 0 amide bonds. The number of non-ortho nitro benzene ring substituents is 2. The Morgan fingerprint density at radius 2 is 1.25 bits per heavy atom. The maximum atomic E-state index is 10.8. The molecule has 0 aliphatic carbocycles. The molecule has 0 atom stereocenters. The zero-order valence-corrected chi connectivity index (χ0v) is 13.0. The molecule has 0 aliphatic heterocycles. The fourth-order valence-corrected chi connectivity index (χ4v) is 1.66. The number of nitro groups is 2. The Bertz CT molecular complexity index is 721. The zero-order valence-electron chi connectivity index (χ0n) is 13.0. The van der Waals surface area contributed by atoms with Gasteiger partial charge in [-0.1, -0.05) is 12.1 Å². The molecule has 0 saturated heterocycles. The molecule has 2 aromatic rings. The molecule has 0 bridgehead atoms. The summed E-state index contributed by atoms with van der Waals surface area (Å²) in [7, 11) is 0. The number of nitrogens with zero attached hydrogens (tertiary/aromatic N) is 2. The van der Waals surface area contributed by atoms with Crippen molar-refractivity contribution >= 4 is 22.9 Å². The Kier molecular flexibility index (Phi) is 6.42. The van der Waals surface area contributed by atoms with Gasteiger partial charge in [0.15, 0.2) is 11.6 Å². The van der Waals surface area contributed by atoms with E-state index in [0.717, 1.165) is 0 Å². The molecule has 2 rings (SSSR count). The molecule has 2 aromatic carbocycles. The normalized spacial score (nSPS) is 9.42. The van der Waals surface area contributed by atoms with E-state index in [1.54, 1.807) is 6.07 Å². The number of nitro benzene ring substituents is 2. The summed E-state index contributed by atoms with van der Waals surface area (Å²) in [4.78, 5) is 41.0. The third-order valence-corrected chi connectivity index (χ3v) is 2.95. The van der Waals surface area contributed by atoms with Crippen LogP contribution in [0.3, 0.4) is 0 Å². The van der Waals surface area contributed by atoms with Crippen LogP contribution < -0.4 is 0 Å². The van der Waals surface area contributed by atoms with E-state index < -0.39 is 9.85 Å². The Morgan fingerprint density at radius 3 is 1.67 bits per heavy atom. The van der Waals surface area contributed by atoms with Crippen LogP contribution in [0.1, 0.15) is 34.6 Å². The Morgan fingerprint density at radius 1 is 0.750 bits per heavy atom. The molecule has 8 nitrogen and oxygen atoms in total. The molecule has 0 spiro atoms. The maximum Gasteiger partial charge on any atom is 0.270 e. The lowest BCUT2D eigenvalue weighted by atomic mass is 10.1. The van der Waals surface area contributed by atoms with Gasteiger partial charge < -0.3 is 0 Å². The van der Waals surface area contributed by atoms with Crippen molar-refractivity contribution in [2.75, 3.05) is 0 Å². The standard InChI is InChI=1S/2C8H7NO3/c1-6(10)7-2-4-8(5-3-7)9(11)12;1-6(10)7-3-2-4-8(5-7)9(11)12/h2*2-5H,1H3. The van der Waals surface area contributed by atoms with Crippen molar-refractivity contribution in [2.24, 2.45) is 0 Å². The molecular weight excluding hydrogens is 316 g/mol. The van der Waals surface area contributed by atoms with Crippen molar-refractivity contribution in [3.05, 3.63) is 79.9 Å². The van der Waals surface area contributed by atoms with Crippen LogP contribution in [0.4, 0.5) is 11.4 Å². The number of rotatable bonds is 4. The van der Waals surface area contributed by atoms with Crippen LogP contribution in [0.5, 0.6) is 0 Å². The molecule has 0 saturated carbocycles. The maximum absolute atomic E-state index is 10.8. The molecular formula is C16H14N2O6. The molecule has 0 heterocycles. The minimum absolute atomic E-state index is 0.000000000000000222. The summed E-state index contributed by atoms with van der Waals surface area (Å²) in [6, 6.07) is 11.2. The van der Waals surface area contributed by atoms with Gasteiger partial charge in [0.05, 0.1) is 9.85 Å². The fraction of sp³-hybridized carbons (Fsp3) is 0.125. The first-order valence-electron chi connectivity index (χ1n) is 6.73. The van der Waals surface area contributed by atoms with E-state index in [1.165, 1.54) is 56.3 Å². The second kappa shape index (κ2) is 8.28. The Labute approximate surface area is 137 Å². The largest absolute Gasteiger partial charge is 0.295 e. The highest BCUT2D eigenvalue weighted by atomic mass is 16.6. The van der Waals surface area contributed by atoms with Gasteiger partial charge in [0.1, 0.15) is 0 Å². The van der Waals surface area contributed by atoms with E-state index in [2.05, 4.69) is 0 Å². The zero-order chi connectivity index (χ0) is 18.3. The Hall–Kier alpha value is -3.42. The van der Waals surface area contributed by atoms with Crippen LogP contribution in [0, 0.1) is 20.2 Å². The lowest BCUT2D eigenvalue weighted by molar-refractivity contribution is -0.385. The van der Waals surface area contributed by atoms with E-state index in [4.69, 9.17) is 0 Å². The van der Waals surface area contributed by atoms with Gasteiger partial charge in [-0.15, -0.1) is 0 Å². The quantitative estimate of drug-likeness (QED) is 0.480. The minimum atomic E-state index is -0.521. The fourth-order valence-electron chi connectivity index (χ4n) is 1.66. The van der Waals surface area contributed by atoms with E-state index in [-0.39, 0.29) is 22.9 Å². The highest BCUT2D eigenvalue weighted by molar-refractivity contribution is 5.94. The number of hydrogen-bond donors (Lipinski definition) is 0. The van der Waals surface area contributed by atoms with Crippen molar-refractivity contribution in [3.63, 3.8) is 0 Å². The van der Waals surface area contributed by atoms with E-state index in [1.807, 2.05) is 0 Å². The van der Waals surface area contributed by atoms with E-state index >= 15 is 0 Å². The lowest BCUT2D eigenvalue weighted by Gasteiger charge is -1.93. The van der Waals surface area contributed by atoms with E-state index in [9.17, 15) is 29.8 Å². The number of ketones is 2. The lowest BCUT2D eigenvalue weighted by Crippen LogP contribution is -1.94. The molecule has 24 heavy (non-hydrogen) atoms. The number of benzene rings is 2. The van der Waals surface area contributed by atoms with Crippen molar-refractivity contribution in [3.8, 4) is 0 Å². The van der Waals surface area contributed by atoms with Gasteiger partial charge in [-0.05, 0) is 26.0 Å². The second-order valence-electron chi connectivity index (χ2n) is 4.72. The average molecular weight is 330 g/mol. The molecule has 124 valence electrons. The number of carbonyl (C=O) groups excluding carboxylic acids is 2. The molecule has 0 unspecified atom stereocenters. The van der Waals surface area contributed by atoms with Crippen LogP contribution in [0.25, 0.3) is 0 Å². The molecule has 0 N–H and O–H groups in total. The number of Topliss-reactive ketones (excluding diaryl/α,β-unsaturated/α-hetero) is 2. The summed E-state index contributed by atoms with van der Waals surface area (Å²) in [5.74, 6) is -0.261. The highest BCUT2D eigenvalue weighted by Crippen LogP contribution is 2.13. The molecule has 8 heteroatoms. The van der Waals surface area contributed by atoms with E-state index in [0.29, 0.717) is 11.1 Å². The predicted octanol–water partition coefficient (Wildman–Crippen LogP) is 3.59. The summed E-state index contributed by atoms with van der Waals surface area (Å²) in [5.41, 5.74) is 0.799. The van der Waals surface area contributed by atoms with Crippen molar-refractivity contribution in [2.45, 2.75) is 13.8 Å². The second-order valence-corrected chi connectivity index (χ2v) is 4.72. The molecule has 0 aromatic heterocycles. The van der Waals surface area contributed by atoms with Gasteiger partial charge in [0.25, 0.3) is 11.4 Å². The van der Waals surface area contributed by atoms with Crippen molar-refractivity contribution < 1.29 is 19.4 Å². The van der Waals surface area contributed by atoms with Crippen LogP contribution in [0.15, 0.2) is 48.5 Å². The number of carbonyl (C=O) groups is 2. The average Bonchev–Trinajstić information content (AvgIpc) is 2.55. The summed E-state index contributed by atoms with van der Waals surface area (Å²) >= 11 is 0. The smallest absolute Gasteiger partial charge is 0.270 e. The highest BCUT2D eigenvalue weighted by Gasteiger charge is 2.07. The van der Waals surface area contributed by atoms with Gasteiger partial charge >= 0.3 is 0 Å². The van der Waals surface area contributed by atoms with Crippen LogP contribution >= 0.6 is 0 Å². The predicted molar refractivity (Wildman–Crippen MR) is 86.2 cm³/mol. The first-order chi connectivity index (χ1) is 11.2. The SMILES string of the molecule is CC(=O)c1ccc([N+](=O)[O-])cc1.CC(=O)c1cccc([N+](=O)[O-])c1. The molecule has 0 aliphatic rings. The summed E-state index contributed by atoms with van der Waals surface area (Å²) in [5, 5.41) is 20.5. The third-order valence-electron chi connectivity index (χ3n) is 2.95. The van der Waals surface area contributed by atoms with Gasteiger partial charge in [0.2, 0.25) is 0 Å². The summed E-state index contributed by atoms with van der Waals surface area (Å²) in [6.07, 6.45) is 0. The summed E-state index contributed by atoms with van der Waals surface area (Å²) < 4.78 is 0. The van der Waals surface area contributed by atoms with Gasteiger partial charge in [-0.2, -0.15) is 0 Å². The van der Waals surface area contributed by atoms with Crippen molar-refractivity contribution in [1.82, 2.24) is 0 Å². The summed E-state index contributed by atoms with van der Waals surface area (Å²) in [6.45, 7) is 2.79. The molecule has 0 fully saturated rings. The first kappa shape index (κ1) is 18.6. The van der Waals surface area contributed by atoms with Gasteiger partial charge in [-0.25, -0.2) is 0 Å². The van der Waals surface area contributed by atoms with Gasteiger partial charge in [0, 0.05) is 35.4 Å². The van der Waals surface area contributed by atoms with Gasteiger partial charge in [-0.3, -0.25) is 29.8 Å². The van der Waals surface area contributed by atoms with Crippen LogP contribution in [-0.4, -0.2) is 21.4 Å². The van der Waals surface area contributed by atoms with Crippen molar-refractivity contribution in [1.29, 1.82) is 0 Å². The number of hydrogen-bond acceptors (Lipinski definition) is 6. The monoisotopic (exact) mass is 330 g/mol. The third kappa shape index (κ3) is 5.41. The first-order valence-corrected chi connectivity index (χ1v) is 6.73. The minimum Gasteiger partial charge on any atom is -0.295 e. The van der Waals surface area contributed by atoms with Crippen LogP contribution in [0.2, 0.25) is 0 Å². The topological polar surface area (TPSA) is 120 Å². The van der Waals surface area contributed by atoms with Crippen LogP contribution in [-0.2, 0) is 0 Å². The molecule has 0 radical (unpaired) electrons. The Balaban J connectivity index is 0.000000240.